The molecular formula is C26H44O3. The number of hydrogen-bond acceptors (Lipinski definition) is 3. The van der Waals surface area contributed by atoms with Crippen LogP contribution in [-0.2, 0) is 14.2 Å². The molecule has 0 aromatic rings. The molecule has 1 fully saturated rings. The van der Waals surface area contributed by atoms with Crippen LogP contribution in [0.15, 0.2) is 46.6 Å². The standard InChI is InChI=1S/C26H44O3/c1-21(2)11-8-12-22(3)13-9-14-23(4)15-10-16-24(5)17-18-27-19-25-20-28-26(6,7)29-25/h11,13,15,17,25H,8-10,12,14,16,18-20H2,1-7H3/b22-13+,23-15+,24-17+/t25-/m0/s1. The molecule has 29 heavy (non-hydrogen) atoms. The fourth-order valence-electron chi connectivity index (χ4n) is 3.23. The fraction of sp³-hybridized carbons (Fsp3) is 0.692. The molecule has 0 radical (unpaired) electrons. The van der Waals surface area contributed by atoms with Gasteiger partial charge in [0.05, 0.1) is 19.8 Å². The van der Waals surface area contributed by atoms with Crippen molar-refractivity contribution < 1.29 is 14.2 Å². The molecule has 1 aliphatic rings. The molecule has 1 heterocycles. The van der Waals surface area contributed by atoms with Crippen LogP contribution < -0.4 is 0 Å². The first-order valence-corrected chi connectivity index (χ1v) is 11.2. The summed E-state index contributed by atoms with van der Waals surface area (Å²) in [7, 11) is 0. The van der Waals surface area contributed by atoms with Crippen LogP contribution in [0.4, 0.5) is 0 Å². The summed E-state index contributed by atoms with van der Waals surface area (Å²) in [4.78, 5) is 0. The SMILES string of the molecule is CC(C)=CCC/C(C)=C/CC/C(C)=C/CC/C(C)=C/COC[C@H]1COC(C)(C)O1. The molecule has 1 atom stereocenters. The summed E-state index contributed by atoms with van der Waals surface area (Å²) in [5, 5.41) is 0. The van der Waals surface area contributed by atoms with E-state index in [0.717, 1.165) is 32.1 Å². The molecule has 0 saturated carbocycles. The zero-order chi connectivity index (χ0) is 21.7. The third kappa shape index (κ3) is 13.6. The van der Waals surface area contributed by atoms with Gasteiger partial charge < -0.3 is 14.2 Å². The van der Waals surface area contributed by atoms with Crippen molar-refractivity contribution in [1.82, 2.24) is 0 Å². The molecule has 0 unspecified atom stereocenters. The van der Waals surface area contributed by atoms with Crippen molar-refractivity contribution in [2.75, 3.05) is 19.8 Å². The minimum atomic E-state index is -0.468. The van der Waals surface area contributed by atoms with Crippen molar-refractivity contribution in [3.05, 3.63) is 46.6 Å². The van der Waals surface area contributed by atoms with E-state index in [1.54, 1.807) is 0 Å². The van der Waals surface area contributed by atoms with Gasteiger partial charge in [-0.05, 0) is 87.0 Å². The van der Waals surface area contributed by atoms with Gasteiger partial charge in [-0.2, -0.15) is 0 Å². The van der Waals surface area contributed by atoms with E-state index in [9.17, 15) is 0 Å². The lowest BCUT2D eigenvalue weighted by Gasteiger charge is -2.16. The Kier molecular flexibility index (Phi) is 12.4. The molecule has 0 aliphatic carbocycles. The maximum atomic E-state index is 5.74. The van der Waals surface area contributed by atoms with Gasteiger partial charge in [0, 0.05) is 0 Å². The Labute approximate surface area is 179 Å². The topological polar surface area (TPSA) is 27.7 Å². The summed E-state index contributed by atoms with van der Waals surface area (Å²) in [6.45, 7) is 16.7. The highest BCUT2D eigenvalue weighted by Gasteiger charge is 2.32. The van der Waals surface area contributed by atoms with Crippen molar-refractivity contribution in [3.63, 3.8) is 0 Å². The normalized spacial score (nSPS) is 20.2. The number of rotatable bonds is 13. The summed E-state index contributed by atoms with van der Waals surface area (Å²) in [5.41, 5.74) is 5.79. The predicted octanol–water partition coefficient (Wildman–Crippen LogP) is 7.30. The molecule has 0 amide bonds. The van der Waals surface area contributed by atoms with Crippen LogP contribution in [-0.4, -0.2) is 31.7 Å². The van der Waals surface area contributed by atoms with E-state index in [2.05, 4.69) is 58.9 Å². The van der Waals surface area contributed by atoms with Gasteiger partial charge in [0.25, 0.3) is 0 Å². The highest BCUT2D eigenvalue weighted by Crippen LogP contribution is 2.22. The summed E-state index contributed by atoms with van der Waals surface area (Å²) in [5.74, 6) is -0.468. The lowest BCUT2D eigenvalue weighted by Crippen LogP contribution is -2.24. The lowest BCUT2D eigenvalue weighted by atomic mass is 10.0. The van der Waals surface area contributed by atoms with Gasteiger partial charge in [-0.1, -0.05) is 46.6 Å². The zero-order valence-corrected chi connectivity index (χ0v) is 20.0. The predicted molar refractivity (Wildman–Crippen MR) is 124 cm³/mol. The Morgan fingerprint density at radius 2 is 1.34 bits per heavy atom. The number of hydrogen-bond donors (Lipinski definition) is 0. The third-order valence-electron chi connectivity index (χ3n) is 5.07. The van der Waals surface area contributed by atoms with E-state index < -0.39 is 5.79 Å². The van der Waals surface area contributed by atoms with Gasteiger partial charge in [-0.25, -0.2) is 0 Å². The van der Waals surface area contributed by atoms with Gasteiger partial charge in [0.2, 0.25) is 0 Å². The lowest BCUT2D eigenvalue weighted by molar-refractivity contribution is -0.144. The van der Waals surface area contributed by atoms with E-state index in [0.29, 0.717) is 19.8 Å². The molecule has 3 heteroatoms. The van der Waals surface area contributed by atoms with E-state index in [1.807, 2.05) is 13.8 Å². The first-order chi connectivity index (χ1) is 13.7. The summed E-state index contributed by atoms with van der Waals surface area (Å²) < 4.78 is 17.0. The maximum Gasteiger partial charge on any atom is 0.163 e. The monoisotopic (exact) mass is 404 g/mol. The Bertz CT molecular complexity index is 589. The smallest absolute Gasteiger partial charge is 0.163 e. The highest BCUT2D eigenvalue weighted by molar-refractivity contribution is 5.07. The maximum absolute atomic E-state index is 5.74. The minimum absolute atomic E-state index is 0.0502. The van der Waals surface area contributed by atoms with Gasteiger partial charge in [-0.15, -0.1) is 0 Å². The summed E-state index contributed by atoms with van der Waals surface area (Å²) in [6, 6.07) is 0. The second-order valence-corrected chi connectivity index (χ2v) is 9.04. The van der Waals surface area contributed by atoms with E-state index in [-0.39, 0.29) is 6.10 Å². The third-order valence-corrected chi connectivity index (χ3v) is 5.07. The Balaban J connectivity index is 2.14. The molecule has 3 nitrogen and oxygen atoms in total. The fourth-order valence-corrected chi connectivity index (χ4v) is 3.23. The average Bonchev–Trinajstić information content (AvgIpc) is 2.97. The summed E-state index contributed by atoms with van der Waals surface area (Å²) in [6.07, 6.45) is 16.2. The van der Waals surface area contributed by atoms with Crippen LogP contribution in [0.25, 0.3) is 0 Å². The van der Waals surface area contributed by atoms with Crippen LogP contribution in [0.5, 0.6) is 0 Å². The number of ether oxygens (including phenoxy) is 3. The second kappa shape index (κ2) is 14.0. The molecule has 0 bridgehead atoms. The van der Waals surface area contributed by atoms with E-state index >= 15 is 0 Å². The minimum Gasteiger partial charge on any atom is -0.375 e. The quantitative estimate of drug-likeness (QED) is 0.238. The zero-order valence-electron chi connectivity index (χ0n) is 20.0. The van der Waals surface area contributed by atoms with Crippen molar-refractivity contribution in [1.29, 1.82) is 0 Å². The Morgan fingerprint density at radius 1 is 0.828 bits per heavy atom. The van der Waals surface area contributed by atoms with Crippen molar-refractivity contribution in [2.24, 2.45) is 0 Å². The molecule has 166 valence electrons. The second-order valence-electron chi connectivity index (χ2n) is 9.04. The first kappa shape index (κ1) is 25.9. The first-order valence-electron chi connectivity index (χ1n) is 11.2. The number of allylic oxidation sites excluding steroid dienone is 7. The Morgan fingerprint density at radius 3 is 1.83 bits per heavy atom. The van der Waals surface area contributed by atoms with E-state index in [1.165, 1.54) is 28.7 Å². The molecule has 0 aromatic carbocycles. The van der Waals surface area contributed by atoms with Crippen molar-refractivity contribution >= 4 is 0 Å². The van der Waals surface area contributed by atoms with Crippen LogP contribution in [0.2, 0.25) is 0 Å². The molecule has 0 aromatic heterocycles. The molecule has 1 rings (SSSR count). The molecular weight excluding hydrogens is 360 g/mol. The van der Waals surface area contributed by atoms with Gasteiger partial charge in [0.1, 0.15) is 6.10 Å². The van der Waals surface area contributed by atoms with Gasteiger partial charge >= 0.3 is 0 Å². The van der Waals surface area contributed by atoms with Crippen LogP contribution in [0.3, 0.4) is 0 Å². The van der Waals surface area contributed by atoms with Crippen LogP contribution in [0, 0.1) is 0 Å². The molecule has 1 aliphatic heterocycles. The van der Waals surface area contributed by atoms with Gasteiger partial charge in [-0.3, -0.25) is 0 Å². The van der Waals surface area contributed by atoms with Crippen LogP contribution >= 0.6 is 0 Å². The molecule has 0 N–H and O–H groups in total. The van der Waals surface area contributed by atoms with E-state index in [4.69, 9.17) is 14.2 Å². The highest BCUT2D eigenvalue weighted by atomic mass is 16.7. The summed E-state index contributed by atoms with van der Waals surface area (Å²) >= 11 is 0. The van der Waals surface area contributed by atoms with Crippen molar-refractivity contribution in [3.8, 4) is 0 Å². The molecule has 0 spiro atoms. The average molecular weight is 405 g/mol. The largest absolute Gasteiger partial charge is 0.375 e. The Hall–Kier alpha value is -1.16. The molecule has 1 saturated heterocycles. The van der Waals surface area contributed by atoms with Crippen LogP contribution in [0.1, 0.15) is 87.0 Å². The van der Waals surface area contributed by atoms with Crippen molar-refractivity contribution in [2.45, 2.75) is 98.9 Å². The van der Waals surface area contributed by atoms with Gasteiger partial charge in [0.15, 0.2) is 5.79 Å².